The molecule has 1 aliphatic carbocycles. The van der Waals surface area contributed by atoms with E-state index < -0.39 is 16.7 Å². The summed E-state index contributed by atoms with van der Waals surface area (Å²) in [6.07, 6.45) is 4.33. The number of aryl methyl sites for hydroxylation is 1. The molecule has 1 amide bonds. The van der Waals surface area contributed by atoms with Crippen molar-refractivity contribution in [2.45, 2.75) is 64.3 Å². The molecule has 1 spiro atoms. The van der Waals surface area contributed by atoms with Gasteiger partial charge >= 0.3 is 11.1 Å². The molecule has 2 aliphatic heterocycles. The Bertz CT molecular complexity index is 1130. The summed E-state index contributed by atoms with van der Waals surface area (Å²) in [6.45, 7) is 3.97. The highest BCUT2D eigenvalue weighted by molar-refractivity contribution is 5.79. The smallest absolute Gasteiger partial charge is 0.332 e. The standard InChI is InChI=1S/C23H28N4O4/c1-16-5-2-3-8-18(16)11-20(28)25-10-9-23(14-25)15-26-19(13-31-23)24-27(22(30)21(26)29)12-17-6-4-7-17/h2-3,5,8,17H,4,6-7,9-15H2,1H3. The topological polar surface area (TPSA) is 86.4 Å². The van der Waals surface area contributed by atoms with Crippen LogP contribution in [0.15, 0.2) is 33.9 Å². The number of ether oxygens (including phenoxy) is 1. The van der Waals surface area contributed by atoms with E-state index in [-0.39, 0.29) is 19.1 Å². The second-order valence-electron chi connectivity index (χ2n) is 9.23. The molecule has 1 saturated carbocycles. The lowest BCUT2D eigenvalue weighted by Gasteiger charge is -2.35. The van der Waals surface area contributed by atoms with E-state index in [4.69, 9.17) is 4.74 Å². The predicted octanol–water partition coefficient (Wildman–Crippen LogP) is 1.26. The van der Waals surface area contributed by atoms with E-state index in [9.17, 15) is 14.4 Å². The molecule has 0 bridgehead atoms. The predicted molar refractivity (Wildman–Crippen MR) is 114 cm³/mol. The highest BCUT2D eigenvalue weighted by atomic mass is 16.5. The van der Waals surface area contributed by atoms with Crippen molar-refractivity contribution in [2.75, 3.05) is 13.1 Å². The van der Waals surface area contributed by atoms with Crippen molar-refractivity contribution < 1.29 is 9.53 Å². The summed E-state index contributed by atoms with van der Waals surface area (Å²) in [4.78, 5) is 40.1. The first-order chi connectivity index (χ1) is 14.9. The van der Waals surface area contributed by atoms with Gasteiger partial charge in [0, 0.05) is 13.1 Å². The number of fused-ring (bicyclic) bond motifs is 1. The van der Waals surface area contributed by atoms with Crippen molar-refractivity contribution in [3.8, 4) is 0 Å². The van der Waals surface area contributed by atoms with Crippen LogP contribution in [0.4, 0.5) is 0 Å². The molecular weight excluding hydrogens is 396 g/mol. The van der Waals surface area contributed by atoms with Crippen LogP contribution in [-0.4, -0.2) is 43.8 Å². The monoisotopic (exact) mass is 424 g/mol. The first kappa shape index (κ1) is 20.2. The highest BCUT2D eigenvalue weighted by Crippen LogP contribution is 2.32. The fourth-order valence-electron chi connectivity index (χ4n) is 4.83. The normalized spacial score (nSPS) is 23.1. The number of hydrogen-bond donors (Lipinski definition) is 0. The zero-order chi connectivity index (χ0) is 21.6. The Morgan fingerprint density at radius 3 is 2.74 bits per heavy atom. The van der Waals surface area contributed by atoms with Crippen LogP contribution in [0, 0.1) is 12.8 Å². The SMILES string of the molecule is Cc1ccccc1CC(=O)N1CCC2(C1)Cn1c(nn(CC3CCC3)c(=O)c1=O)CO2. The van der Waals surface area contributed by atoms with Crippen LogP contribution in [0.5, 0.6) is 0 Å². The van der Waals surface area contributed by atoms with Crippen LogP contribution in [0.2, 0.25) is 0 Å². The first-order valence-corrected chi connectivity index (χ1v) is 11.1. The minimum Gasteiger partial charge on any atom is -0.363 e. The number of rotatable bonds is 4. The summed E-state index contributed by atoms with van der Waals surface area (Å²) >= 11 is 0. The van der Waals surface area contributed by atoms with Gasteiger partial charge in [-0.25, -0.2) is 4.68 Å². The number of aromatic nitrogens is 3. The maximum Gasteiger partial charge on any atom is 0.332 e. The zero-order valence-corrected chi connectivity index (χ0v) is 17.9. The second-order valence-corrected chi connectivity index (χ2v) is 9.23. The summed E-state index contributed by atoms with van der Waals surface area (Å²) in [5.41, 5.74) is 0.404. The molecule has 8 nitrogen and oxygen atoms in total. The molecule has 1 aromatic heterocycles. The summed E-state index contributed by atoms with van der Waals surface area (Å²) in [6, 6.07) is 7.89. The number of carbonyl (C=O) groups excluding carboxylic acids is 1. The number of benzene rings is 1. The van der Waals surface area contributed by atoms with Crippen LogP contribution >= 0.6 is 0 Å². The van der Waals surface area contributed by atoms with E-state index >= 15 is 0 Å². The number of hydrogen-bond acceptors (Lipinski definition) is 5. The lowest BCUT2D eigenvalue weighted by Crippen LogP contribution is -2.53. The molecule has 3 aliphatic rings. The van der Waals surface area contributed by atoms with Gasteiger partial charge < -0.3 is 9.64 Å². The quantitative estimate of drug-likeness (QED) is 0.690. The van der Waals surface area contributed by atoms with E-state index in [1.165, 1.54) is 15.7 Å². The lowest BCUT2D eigenvalue weighted by molar-refractivity contribution is -0.132. The molecule has 0 radical (unpaired) electrons. The van der Waals surface area contributed by atoms with E-state index in [0.29, 0.717) is 44.2 Å². The van der Waals surface area contributed by atoms with E-state index in [2.05, 4.69) is 5.10 Å². The summed E-state index contributed by atoms with van der Waals surface area (Å²) in [5.74, 6) is 0.993. The Morgan fingerprint density at radius 1 is 1.19 bits per heavy atom. The van der Waals surface area contributed by atoms with Crippen molar-refractivity contribution in [3.05, 3.63) is 61.9 Å². The average Bonchev–Trinajstić information content (AvgIpc) is 3.14. The molecule has 164 valence electrons. The molecule has 1 atom stereocenters. The molecule has 1 saturated heterocycles. The van der Waals surface area contributed by atoms with Crippen molar-refractivity contribution in [2.24, 2.45) is 5.92 Å². The number of amides is 1. The van der Waals surface area contributed by atoms with Crippen molar-refractivity contribution in [3.63, 3.8) is 0 Å². The van der Waals surface area contributed by atoms with Gasteiger partial charge in [-0.1, -0.05) is 30.7 Å². The second kappa shape index (κ2) is 7.75. The third-order valence-electron chi connectivity index (χ3n) is 7.09. The van der Waals surface area contributed by atoms with Gasteiger partial charge in [0.1, 0.15) is 12.2 Å². The van der Waals surface area contributed by atoms with Gasteiger partial charge in [-0.15, -0.1) is 0 Å². The Balaban J connectivity index is 1.31. The van der Waals surface area contributed by atoms with Gasteiger partial charge in [0.05, 0.1) is 19.5 Å². The Morgan fingerprint density at radius 2 is 2.00 bits per heavy atom. The summed E-state index contributed by atoms with van der Waals surface area (Å²) in [7, 11) is 0. The molecule has 0 N–H and O–H groups in total. The molecule has 3 heterocycles. The van der Waals surface area contributed by atoms with Gasteiger partial charge in [-0.2, -0.15) is 5.10 Å². The minimum absolute atomic E-state index is 0.0574. The summed E-state index contributed by atoms with van der Waals surface area (Å²) in [5, 5.41) is 4.43. The number of nitrogens with zero attached hydrogens (tertiary/aromatic N) is 4. The van der Waals surface area contributed by atoms with Gasteiger partial charge in [0.2, 0.25) is 5.91 Å². The fourth-order valence-corrected chi connectivity index (χ4v) is 4.83. The van der Waals surface area contributed by atoms with Crippen molar-refractivity contribution >= 4 is 5.91 Å². The van der Waals surface area contributed by atoms with Crippen LogP contribution < -0.4 is 11.1 Å². The van der Waals surface area contributed by atoms with Crippen LogP contribution in [0.1, 0.15) is 42.6 Å². The highest BCUT2D eigenvalue weighted by Gasteiger charge is 2.44. The molecule has 5 rings (SSSR count). The van der Waals surface area contributed by atoms with Crippen LogP contribution in [0.25, 0.3) is 0 Å². The maximum atomic E-state index is 12.9. The zero-order valence-electron chi connectivity index (χ0n) is 17.9. The van der Waals surface area contributed by atoms with Gasteiger partial charge in [-0.05, 0) is 43.2 Å². The van der Waals surface area contributed by atoms with Crippen LogP contribution in [0.3, 0.4) is 0 Å². The van der Waals surface area contributed by atoms with E-state index in [0.717, 1.165) is 24.0 Å². The molecular formula is C23H28N4O4. The minimum atomic E-state index is -0.632. The number of likely N-dealkylation sites (tertiary alicyclic amines) is 1. The van der Waals surface area contributed by atoms with Gasteiger partial charge in [-0.3, -0.25) is 19.0 Å². The lowest BCUT2D eigenvalue weighted by atomic mass is 9.85. The van der Waals surface area contributed by atoms with E-state index in [1.807, 2.05) is 36.1 Å². The molecule has 2 aromatic rings. The molecule has 1 unspecified atom stereocenters. The first-order valence-electron chi connectivity index (χ1n) is 11.1. The molecule has 1 aromatic carbocycles. The fraction of sp³-hybridized carbons (Fsp3) is 0.565. The van der Waals surface area contributed by atoms with E-state index in [1.54, 1.807) is 0 Å². The molecule has 8 heteroatoms. The Labute approximate surface area is 180 Å². The van der Waals surface area contributed by atoms with Crippen molar-refractivity contribution in [1.82, 2.24) is 19.2 Å². The largest absolute Gasteiger partial charge is 0.363 e. The van der Waals surface area contributed by atoms with Crippen molar-refractivity contribution in [1.29, 1.82) is 0 Å². The average molecular weight is 425 g/mol. The third-order valence-corrected chi connectivity index (χ3v) is 7.09. The van der Waals surface area contributed by atoms with Gasteiger partial charge in [0.25, 0.3) is 0 Å². The Hall–Kier alpha value is -2.74. The third kappa shape index (κ3) is 3.73. The molecule has 2 fully saturated rings. The number of carbonyl (C=O) groups is 1. The Kier molecular flexibility index (Phi) is 5.04. The molecule has 31 heavy (non-hydrogen) atoms. The van der Waals surface area contributed by atoms with Crippen LogP contribution in [-0.2, 0) is 35.6 Å². The summed E-state index contributed by atoms with van der Waals surface area (Å²) < 4.78 is 8.97. The van der Waals surface area contributed by atoms with Gasteiger partial charge in [0.15, 0.2) is 5.82 Å². The maximum absolute atomic E-state index is 12.9.